The molecule has 0 aromatic carbocycles. The van der Waals surface area contributed by atoms with Gasteiger partial charge in [-0.2, -0.15) is 0 Å². The highest BCUT2D eigenvalue weighted by molar-refractivity contribution is 8.01. The van der Waals surface area contributed by atoms with Crippen molar-refractivity contribution >= 4 is 34.7 Å². The smallest absolute Gasteiger partial charge is 0.267 e. The van der Waals surface area contributed by atoms with Crippen LogP contribution in [0.3, 0.4) is 0 Å². The molecule has 5 nitrogen and oxygen atoms in total. The molecule has 0 saturated heterocycles. The molecule has 0 aliphatic rings. The number of nitrogen functional groups attached to an aromatic ring is 1. The van der Waals surface area contributed by atoms with Gasteiger partial charge in [-0.05, 0) is 30.8 Å². The SMILES string of the molecule is Cc1csc(Sc2nc(C(N)=O)ccc2N)n1. The maximum Gasteiger partial charge on any atom is 0.267 e. The van der Waals surface area contributed by atoms with Gasteiger partial charge < -0.3 is 11.5 Å². The first kappa shape index (κ1) is 11.9. The Balaban J connectivity index is 2.31. The van der Waals surface area contributed by atoms with E-state index in [1.807, 2.05) is 12.3 Å². The summed E-state index contributed by atoms with van der Waals surface area (Å²) in [5, 5.41) is 2.49. The third-order valence-electron chi connectivity index (χ3n) is 1.92. The van der Waals surface area contributed by atoms with Crippen LogP contribution in [0.2, 0.25) is 0 Å². The molecule has 0 aliphatic heterocycles. The quantitative estimate of drug-likeness (QED) is 0.881. The van der Waals surface area contributed by atoms with Crippen molar-refractivity contribution in [3.05, 3.63) is 28.9 Å². The number of carbonyl (C=O) groups is 1. The van der Waals surface area contributed by atoms with Gasteiger partial charge in [0.15, 0.2) is 4.34 Å². The molecule has 17 heavy (non-hydrogen) atoms. The molecule has 4 N–H and O–H groups in total. The molecule has 0 saturated carbocycles. The van der Waals surface area contributed by atoms with Crippen molar-refractivity contribution in [1.82, 2.24) is 9.97 Å². The molecule has 2 aromatic rings. The average Bonchev–Trinajstić information content (AvgIpc) is 2.67. The minimum atomic E-state index is -0.567. The normalized spacial score (nSPS) is 10.4. The Kier molecular flexibility index (Phi) is 3.30. The highest BCUT2D eigenvalue weighted by Crippen LogP contribution is 2.32. The highest BCUT2D eigenvalue weighted by atomic mass is 32.2. The second kappa shape index (κ2) is 4.72. The van der Waals surface area contributed by atoms with Crippen LogP contribution in [0, 0.1) is 6.92 Å². The third-order valence-corrected chi connectivity index (χ3v) is 4.00. The van der Waals surface area contributed by atoms with Crippen LogP contribution in [0.1, 0.15) is 16.2 Å². The number of hydrogen-bond donors (Lipinski definition) is 2. The lowest BCUT2D eigenvalue weighted by atomic mass is 10.3. The van der Waals surface area contributed by atoms with Gasteiger partial charge in [0.2, 0.25) is 0 Å². The van der Waals surface area contributed by atoms with E-state index in [1.54, 1.807) is 6.07 Å². The molecule has 7 heteroatoms. The van der Waals surface area contributed by atoms with E-state index in [2.05, 4.69) is 9.97 Å². The van der Waals surface area contributed by atoms with E-state index in [9.17, 15) is 4.79 Å². The van der Waals surface area contributed by atoms with Crippen LogP contribution < -0.4 is 11.5 Å². The summed E-state index contributed by atoms with van der Waals surface area (Å²) in [7, 11) is 0. The summed E-state index contributed by atoms with van der Waals surface area (Å²) in [6.07, 6.45) is 0. The van der Waals surface area contributed by atoms with Crippen molar-refractivity contribution in [3.8, 4) is 0 Å². The zero-order valence-electron chi connectivity index (χ0n) is 9.01. The maximum absolute atomic E-state index is 11.0. The van der Waals surface area contributed by atoms with Crippen molar-refractivity contribution in [2.24, 2.45) is 5.73 Å². The van der Waals surface area contributed by atoms with Crippen molar-refractivity contribution < 1.29 is 4.79 Å². The van der Waals surface area contributed by atoms with Gasteiger partial charge in [-0.3, -0.25) is 4.79 Å². The molecule has 0 fully saturated rings. The topological polar surface area (TPSA) is 94.9 Å². The van der Waals surface area contributed by atoms with E-state index in [1.165, 1.54) is 29.2 Å². The largest absolute Gasteiger partial charge is 0.397 e. The summed E-state index contributed by atoms with van der Waals surface area (Å²) < 4.78 is 0.836. The van der Waals surface area contributed by atoms with Gasteiger partial charge in [-0.1, -0.05) is 0 Å². The molecular formula is C10H10N4OS2. The second-order valence-corrected chi connectivity index (χ2v) is 5.41. The number of aromatic nitrogens is 2. The summed E-state index contributed by atoms with van der Waals surface area (Å²) in [5.41, 5.74) is 12.6. The number of pyridine rings is 1. The van der Waals surface area contributed by atoms with Gasteiger partial charge in [-0.25, -0.2) is 9.97 Å². The molecule has 0 radical (unpaired) electrons. The number of hydrogen-bond acceptors (Lipinski definition) is 6. The molecular weight excluding hydrogens is 256 g/mol. The molecule has 2 aromatic heterocycles. The third kappa shape index (κ3) is 2.75. The first-order valence-electron chi connectivity index (χ1n) is 4.72. The molecule has 0 aliphatic carbocycles. The molecule has 88 valence electrons. The lowest BCUT2D eigenvalue weighted by Gasteiger charge is -2.03. The first-order valence-corrected chi connectivity index (χ1v) is 6.42. The van der Waals surface area contributed by atoms with Gasteiger partial charge in [0.25, 0.3) is 5.91 Å². The number of anilines is 1. The van der Waals surface area contributed by atoms with E-state index >= 15 is 0 Å². The minimum absolute atomic E-state index is 0.204. The lowest BCUT2D eigenvalue weighted by molar-refractivity contribution is 0.0995. The van der Waals surface area contributed by atoms with Crippen LogP contribution in [0.5, 0.6) is 0 Å². The molecule has 0 atom stereocenters. The first-order chi connectivity index (χ1) is 8.06. The number of primary amides is 1. The van der Waals surface area contributed by atoms with E-state index < -0.39 is 5.91 Å². The van der Waals surface area contributed by atoms with E-state index in [4.69, 9.17) is 11.5 Å². The number of nitrogens with two attached hydrogens (primary N) is 2. The number of carbonyl (C=O) groups excluding carboxylic acids is 1. The van der Waals surface area contributed by atoms with Crippen LogP contribution in [-0.2, 0) is 0 Å². The number of nitrogens with zero attached hydrogens (tertiary/aromatic N) is 2. The summed E-state index contributed by atoms with van der Waals surface area (Å²) in [6, 6.07) is 3.13. The van der Waals surface area contributed by atoms with Gasteiger partial charge in [-0.15, -0.1) is 11.3 Å². The predicted molar refractivity (Wildman–Crippen MR) is 68.1 cm³/mol. The van der Waals surface area contributed by atoms with E-state index in [0.29, 0.717) is 10.7 Å². The van der Waals surface area contributed by atoms with Crippen LogP contribution >= 0.6 is 23.1 Å². The summed E-state index contributed by atoms with van der Waals surface area (Å²) in [5.74, 6) is -0.567. The average molecular weight is 266 g/mol. The Morgan fingerprint density at radius 2 is 2.18 bits per heavy atom. The number of thiazole rings is 1. The predicted octanol–water partition coefficient (Wildman–Crippen LogP) is 1.68. The molecule has 2 rings (SSSR count). The Hall–Kier alpha value is -1.60. The molecule has 1 amide bonds. The fraction of sp³-hybridized carbons (Fsp3) is 0.100. The maximum atomic E-state index is 11.0. The van der Waals surface area contributed by atoms with E-state index in [0.717, 1.165) is 10.0 Å². The van der Waals surface area contributed by atoms with Crippen molar-refractivity contribution in [3.63, 3.8) is 0 Å². The van der Waals surface area contributed by atoms with Gasteiger partial charge >= 0.3 is 0 Å². The Morgan fingerprint density at radius 1 is 1.41 bits per heavy atom. The Bertz CT molecular complexity index is 567. The molecule has 0 bridgehead atoms. The number of aryl methyl sites for hydroxylation is 1. The van der Waals surface area contributed by atoms with Crippen LogP contribution in [0.4, 0.5) is 5.69 Å². The summed E-state index contributed by atoms with van der Waals surface area (Å²) >= 11 is 2.84. The molecule has 2 heterocycles. The monoisotopic (exact) mass is 266 g/mol. The number of rotatable bonds is 3. The molecule has 0 unspecified atom stereocenters. The second-order valence-electron chi connectivity index (χ2n) is 3.31. The summed E-state index contributed by atoms with van der Waals surface area (Å²) in [6.45, 7) is 1.91. The standard InChI is InChI=1S/C10H10N4OS2/c1-5-4-16-10(13-5)17-9-6(11)2-3-7(14-9)8(12)15/h2-4H,11H2,1H3,(H2,12,15). The Labute approximate surface area is 106 Å². The van der Waals surface area contributed by atoms with Crippen molar-refractivity contribution in [2.45, 2.75) is 16.3 Å². The summed E-state index contributed by atoms with van der Waals surface area (Å²) in [4.78, 5) is 19.4. The van der Waals surface area contributed by atoms with Crippen LogP contribution in [0.15, 0.2) is 26.9 Å². The number of amides is 1. The van der Waals surface area contributed by atoms with E-state index in [-0.39, 0.29) is 5.69 Å². The van der Waals surface area contributed by atoms with Gasteiger partial charge in [0, 0.05) is 11.1 Å². The lowest BCUT2D eigenvalue weighted by Crippen LogP contribution is -2.13. The minimum Gasteiger partial charge on any atom is -0.397 e. The van der Waals surface area contributed by atoms with Crippen LogP contribution in [-0.4, -0.2) is 15.9 Å². The van der Waals surface area contributed by atoms with Crippen molar-refractivity contribution in [2.75, 3.05) is 5.73 Å². The zero-order valence-corrected chi connectivity index (χ0v) is 10.6. The van der Waals surface area contributed by atoms with Crippen molar-refractivity contribution in [1.29, 1.82) is 0 Å². The van der Waals surface area contributed by atoms with Gasteiger partial charge in [0.05, 0.1) is 5.69 Å². The fourth-order valence-corrected chi connectivity index (χ4v) is 2.91. The van der Waals surface area contributed by atoms with Crippen LogP contribution in [0.25, 0.3) is 0 Å². The zero-order chi connectivity index (χ0) is 12.4. The van der Waals surface area contributed by atoms with Gasteiger partial charge in [0.1, 0.15) is 10.7 Å². The molecule has 0 spiro atoms. The Morgan fingerprint density at radius 3 is 2.76 bits per heavy atom. The fourth-order valence-electron chi connectivity index (χ4n) is 1.13. The highest BCUT2D eigenvalue weighted by Gasteiger charge is 2.10.